The number of benzene rings is 1. The molecule has 0 aliphatic heterocycles. The van der Waals surface area contributed by atoms with Gasteiger partial charge in [0.05, 0.1) is 5.69 Å². The highest BCUT2D eigenvalue weighted by molar-refractivity contribution is 9.10. The average molecular weight is 297 g/mol. The van der Waals surface area contributed by atoms with Gasteiger partial charge in [0.2, 0.25) is 5.88 Å². The van der Waals surface area contributed by atoms with Gasteiger partial charge in [-0.2, -0.15) is 0 Å². The van der Waals surface area contributed by atoms with E-state index in [1.165, 1.54) is 12.1 Å². The molecular formula is C12H10BrFN2O. The number of hydrogen-bond acceptors (Lipinski definition) is 3. The van der Waals surface area contributed by atoms with Crippen molar-refractivity contribution in [3.63, 3.8) is 0 Å². The maximum absolute atomic E-state index is 13.5. The molecule has 1 aromatic heterocycles. The molecule has 0 radical (unpaired) electrons. The lowest BCUT2D eigenvalue weighted by Crippen LogP contribution is -2.00. The Kier molecular flexibility index (Phi) is 3.71. The number of ether oxygens (including phenoxy) is 1. The van der Waals surface area contributed by atoms with Crippen molar-refractivity contribution in [2.75, 3.05) is 0 Å². The molecule has 0 unspecified atom stereocenters. The van der Waals surface area contributed by atoms with E-state index in [4.69, 9.17) is 10.5 Å². The van der Waals surface area contributed by atoms with E-state index < -0.39 is 5.82 Å². The second kappa shape index (κ2) is 5.25. The molecule has 5 heteroatoms. The van der Waals surface area contributed by atoms with Gasteiger partial charge < -0.3 is 10.5 Å². The molecule has 17 heavy (non-hydrogen) atoms. The van der Waals surface area contributed by atoms with Crippen molar-refractivity contribution in [1.29, 1.82) is 0 Å². The third-order valence-corrected chi connectivity index (χ3v) is 2.59. The molecule has 1 heterocycles. The molecule has 0 amide bonds. The topological polar surface area (TPSA) is 48.1 Å². The standard InChI is InChI=1S/C12H10BrFN2O/c13-8-4-5-11(10(14)6-8)17-12-3-1-2-9(7-15)16-12/h1-6H,7,15H2. The van der Waals surface area contributed by atoms with Crippen molar-refractivity contribution in [2.45, 2.75) is 6.54 Å². The van der Waals surface area contributed by atoms with Gasteiger partial charge in [0, 0.05) is 17.1 Å². The van der Waals surface area contributed by atoms with Crippen LogP contribution in [0.15, 0.2) is 40.9 Å². The maximum atomic E-state index is 13.5. The Morgan fingerprint density at radius 1 is 1.29 bits per heavy atom. The third-order valence-electron chi connectivity index (χ3n) is 2.10. The Morgan fingerprint density at radius 3 is 2.82 bits per heavy atom. The summed E-state index contributed by atoms with van der Waals surface area (Å²) in [6.45, 7) is 0.319. The Bertz CT molecular complexity index is 534. The van der Waals surface area contributed by atoms with E-state index in [2.05, 4.69) is 20.9 Å². The van der Waals surface area contributed by atoms with Crippen molar-refractivity contribution in [1.82, 2.24) is 4.98 Å². The van der Waals surface area contributed by atoms with Crippen LogP contribution >= 0.6 is 15.9 Å². The van der Waals surface area contributed by atoms with E-state index in [1.807, 2.05) is 0 Å². The van der Waals surface area contributed by atoms with Gasteiger partial charge in [0.25, 0.3) is 0 Å². The number of rotatable bonds is 3. The molecule has 0 bridgehead atoms. The summed E-state index contributed by atoms with van der Waals surface area (Å²) in [7, 11) is 0. The number of nitrogens with zero attached hydrogens (tertiary/aromatic N) is 1. The zero-order valence-electron chi connectivity index (χ0n) is 8.86. The first-order valence-electron chi connectivity index (χ1n) is 4.98. The Morgan fingerprint density at radius 2 is 2.12 bits per heavy atom. The fraction of sp³-hybridized carbons (Fsp3) is 0.0833. The van der Waals surface area contributed by atoms with Crippen LogP contribution in [0.2, 0.25) is 0 Å². The molecule has 0 aliphatic rings. The van der Waals surface area contributed by atoms with E-state index in [9.17, 15) is 4.39 Å². The second-order valence-corrected chi connectivity index (χ2v) is 4.26. The summed E-state index contributed by atoms with van der Waals surface area (Å²) < 4.78 is 19.5. The summed E-state index contributed by atoms with van der Waals surface area (Å²) in [4.78, 5) is 4.12. The van der Waals surface area contributed by atoms with Crippen LogP contribution in [-0.2, 0) is 6.54 Å². The molecule has 3 nitrogen and oxygen atoms in total. The van der Waals surface area contributed by atoms with Gasteiger partial charge in [-0.25, -0.2) is 9.37 Å². The Hall–Kier alpha value is -1.46. The molecular weight excluding hydrogens is 287 g/mol. The minimum Gasteiger partial charge on any atom is -0.436 e. The summed E-state index contributed by atoms with van der Waals surface area (Å²) in [5.41, 5.74) is 6.16. The first-order chi connectivity index (χ1) is 8.19. The van der Waals surface area contributed by atoms with Gasteiger partial charge in [0.1, 0.15) is 0 Å². The quantitative estimate of drug-likeness (QED) is 0.946. The number of halogens is 2. The predicted octanol–water partition coefficient (Wildman–Crippen LogP) is 3.23. The molecule has 2 N–H and O–H groups in total. The first kappa shape index (κ1) is 12.0. The zero-order valence-corrected chi connectivity index (χ0v) is 10.4. The minimum atomic E-state index is -0.445. The van der Waals surface area contributed by atoms with Crippen LogP contribution < -0.4 is 10.5 Å². The molecule has 0 spiro atoms. The fourth-order valence-electron chi connectivity index (χ4n) is 1.30. The lowest BCUT2D eigenvalue weighted by molar-refractivity contribution is 0.426. The summed E-state index contributed by atoms with van der Waals surface area (Å²) >= 11 is 3.18. The van der Waals surface area contributed by atoms with Crippen LogP contribution in [0.3, 0.4) is 0 Å². The smallest absolute Gasteiger partial charge is 0.219 e. The van der Waals surface area contributed by atoms with Gasteiger partial charge in [-0.3, -0.25) is 0 Å². The van der Waals surface area contributed by atoms with Crippen molar-refractivity contribution in [3.8, 4) is 11.6 Å². The van der Waals surface area contributed by atoms with Crippen LogP contribution in [0.4, 0.5) is 4.39 Å². The minimum absolute atomic E-state index is 0.134. The van der Waals surface area contributed by atoms with E-state index in [-0.39, 0.29) is 5.75 Å². The maximum Gasteiger partial charge on any atom is 0.219 e. The van der Waals surface area contributed by atoms with Crippen molar-refractivity contribution < 1.29 is 9.13 Å². The molecule has 2 aromatic rings. The van der Waals surface area contributed by atoms with Crippen LogP contribution in [0.25, 0.3) is 0 Å². The van der Waals surface area contributed by atoms with Crippen LogP contribution in [0, 0.1) is 5.82 Å². The number of aromatic nitrogens is 1. The number of pyridine rings is 1. The molecule has 0 aliphatic carbocycles. The molecule has 88 valence electrons. The van der Waals surface area contributed by atoms with Gasteiger partial charge in [-0.05, 0) is 24.3 Å². The molecule has 0 saturated carbocycles. The lowest BCUT2D eigenvalue weighted by Gasteiger charge is -2.06. The largest absolute Gasteiger partial charge is 0.436 e. The van der Waals surface area contributed by atoms with Crippen LogP contribution in [0.5, 0.6) is 11.6 Å². The molecule has 0 fully saturated rings. The first-order valence-corrected chi connectivity index (χ1v) is 5.77. The van der Waals surface area contributed by atoms with Gasteiger partial charge in [-0.15, -0.1) is 0 Å². The Labute approximate surface area is 107 Å². The second-order valence-electron chi connectivity index (χ2n) is 3.35. The van der Waals surface area contributed by atoms with Crippen molar-refractivity contribution >= 4 is 15.9 Å². The van der Waals surface area contributed by atoms with Crippen molar-refractivity contribution in [3.05, 3.63) is 52.4 Å². The van der Waals surface area contributed by atoms with E-state index in [1.54, 1.807) is 24.3 Å². The van der Waals surface area contributed by atoms with E-state index >= 15 is 0 Å². The highest BCUT2D eigenvalue weighted by atomic mass is 79.9. The Balaban J connectivity index is 2.25. The zero-order chi connectivity index (χ0) is 12.3. The summed E-state index contributed by atoms with van der Waals surface area (Å²) in [6.07, 6.45) is 0. The highest BCUT2D eigenvalue weighted by Crippen LogP contribution is 2.25. The molecule has 0 saturated heterocycles. The molecule has 2 rings (SSSR count). The molecule has 1 aromatic carbocycles. The fourth-order valence-corrected chi connectivity index (χ4v) is 1.63. The number of nitrogens with two attached hydrogens (primary N) is 1. The van der Waals surface area contributed by atoms with E-state index in [0.29, 0.717) is 22.6 Å². The van der Waals surface area contributed by atoms with Gasteiger partial charge >= 0.3 is 0 Å². The highest BCUT2D eigenvalue weighted by Gasteiger charge is 2.06. The van der Waals surface area contributed by atoms with Gasteiger partial charge in [-0.1, -0.05) is 22.0 Å². The summed E-state index contributed by atoms with van der Waals surface area (Å²) in [6, 6.07) is 9.77. The predicted molar refractivity (Wildman–Crippen MR) is 66.3 cm³/mol. The van der Waals surface area contributed by atoms with Crippen molar-refractivity contribution in [2.24, 2.45) is 5.73 Å². The average Bonchev–Trinajstić information content (AvgIpc) is 2.33. The molecule has 0 atom stereocenters. The third kappa shape index (κ3) is 3.01. The monoisotopic (exact) mass is 296 g/mol. The SMILES string of the molecule is NCc1cccc(Oc2ccc(Br)cc2F)n1. The van der Waals surface area contributed by atoms with Crippen LogP contribution in [0.1, 0.15) is 5.69 Å². The summed E-state index contributed by atoms with van der Waals surface area (Å²) in [5.74, 6) is 0.0170. The normalized spacial score (nSPS) is 10.3. The van der Waals surface area contributed by atoms with E-state index in [0.717, 1.165) is 0 Å². The number of hydrogen-bond donors (Lipinski definition) is 1. The van der Waals surface area contributed by atoms with Gasteiger partial charge in [0.15, 0.2) is 11.6 Å². The summed E-state index contributed by atoms with van der Waals surface area (Å²) in [5, 5.41) is 0. The lowest BCUT2D eigenvalue weighted by atomic mass is 10.3. The van der Waals surface area contributed by atoms with Crippen LogP contribution in [-0.4, -0.2) is 4.98 Å².